The zero-order chi connectivity index (χ0) is 15.5. The molecule has 1 fully saturated rings. The molecule has 1 amide bonds. The van der Waals surface area contributed by atoms with Crippen molar-refractivity contribution in [2.24, 2.45) is 5.92 Å². The number of alkyl halides is 1. The molecule has 0 unspecified atom stereocenters. The SMILES string of the molecule is Cc1nnsc1C(=O)N1CCC(CNS(=O)(=O)CBr)CC1. The first-order chi connectivity index (χ1) is 9.93. The molecule has 118 valence electrons. The molecule has 1 aromatic heterocycles. The highest BCUT2D eigenvalue weighted by Crippen LogP contribution is 2.20. The molecule has 7 nitrogen and oxygen atoms in total. The van der Waals surface area contributed by atoms with Crippen LogP contribution in [-0.4, -0.2) is 53.1 Å². The van der Waals surface area contributed by atoms with E-state index in [4.69, 9.17) is 0 Å². The largest absolute Gasteiger partial charge is 0.338 e. The van der Waals surface area contributed by atoms with Crippen molar-refractivity contribution in [1.82, 2.24) is 19.2 Å². The van der Waals surface area contributed by atoms with Crippen LogP contribution in [0.3, 0.4) is 0 Å². The van der Waals surface area contributed by atoms with Crippen LogP contribution in [0.25, 0.3) is 0 Å². The van der Waals surface area contributed by atoms with Crippen molar-refractivity contribution in [3.05, 3.63) is 10.6 Å². The van der Waals surface area contributed by atoms with Gasteiger partial charge < -0.3 is 4.90 Å². The van der Waals surface area contributed by atoms with Crippen LogP contribution >= 0.6 is 27.5 Å². The summed E-state index contributed by atoms with van der Waals surface area (Å²) in [6, 6.07) is 0. The minimum Gasteiger partial charge on any atom is -0.338 e. The van der Waals surface area contributed by atoms with E-state index in [1.807, 2.05) is 0 Å². The molecular formula is C11H17BrN4O3S2. The lowest BCUT2D eigenvalue weighted by Gasteiger charge is -2.31. The molecule has 1 saturated heterocycles. The van der Waals surface area contributed by atoms with E-state index in [1.165, 1.54) is 0 Å². The van der Waals surface area contributed by atoms with Crippen LogP contribution in [0.15, 0.2) is 0 Å². The number of halogens is 1. The van der Waals surface area contributed by atoms with Crippen molar-refractivity contribution in [1.29, 1.82) is 0 Å². The molecule has 0 radical (unpaired) electrons. The molecular weight excluding hydrogens is 380 g/mol. The fourth-order valence-corrected chi connectivity index (χ4v) is 3.87. The Hall–Kier alpha value is -0.580. The van der Waals surface area contributed by atoms with Crippen molar-refractivity contribution in [2.75, 3.05) is 24.3 Å². The standard InChI is InChI=1S/C11H17BrN4O3S2/c1-8-10(20-15-14-8)11(17)16-4-2-9(3-5-16)6-13-21(18,19)7-12/h9,13H,2-7H2,1H3. The summed E-state index contributed by atoms with van der Waals surface area (Å²) in [5.41, 5.74) is 0.664. The van der Waals surface area contributed by atoms with E-state index >= 15 is 0 Å². The number of carbonyl (C=O) groups excluding carboxylic acids is 1. The number of aromatic nitrogens is 2. The highest BCUT2D eigenvalue weighted by atomic mass is 79.9. The summed E-state index contributed by atoms with van der Waals surface area (Å²) in [5, 5.41) is 3.85. The predicted octanol–water partition coefficient (Wildman–Crippen LogP) is 0.971. The van der Waals surface area contributed by atoms with Crippen LogP contribution in [0.2, 0.25) is 0 Å². The van der Waals surface area contributed by atoms with Crippen LogP contribution in [0, 0.1) is 12.8 Å². The highest BCUT2D eigenvalue weighted by Gasteiger charge is 2.26. The molecule has 0 aromatic carbocycles. The lowest BCUT2D eigenvalue weighted by molar-refractivity contribution is 0.0696. The van der Waals surface area contributed by atoms with Crippen LogP contribution in [0.5, 0.6) is 0 Å². The number of aryl methyl sites for hydroxylation is 1. The molecule has 0 saturated carbocycles. The Labute approximate surface area is 136 Å². The zero-order valence-corrected chi connectivity index (χ0v) is 14.8. The Morgan fingerprint density at radius 1 is 1.48 bits per heavy atom. The molecule has 0 atom stereocenters. The number of rotatable bonds is 5. The minimum absolute atomic E-state index is 0.0259. The third-order valence-corrected chi connectivity index (χ3v) is 7.00. The maximum atomic E-state index is 12.3. The number of carbonyl (C=O) groups is 1. The summed E-state index contributed by atoms with van der Waals surface area (Å²) in [4.78, 5) is 14.7. The number of piperidine rings is 1. The van der Waals surface area contributed by atoms with Crippen molar-refractivity contribution >= 4 is 43.4 Å². The van der Waals surface area contributed by atoms with Crippen molar-refractivity contribution in [3.63, 3.8) is 0 Å². The fourth-order valence-electron chi connectivity index (χ4n) is 2.19. The van der Waals surface area contributed by atoms with Gasteiger partial charge in [-0.25, -0.2) is 13.1 Å². The second kappa shape index (κ2) is 7.12. The van der Waals surface area contributed by atoms with Crippen LogP contribution in [-0.2, 0) is 10.0 Å². The van der Waals surface area contributed by atoms with E-state index in [1.54, 1.807) is 11.8 Å². The third kappa shape index (κ3) is 4.44. The highest BCUT2D eigenvalue weighted by molar-refractivity contribution is 9.10. The number of sulfonamides is 1. The van der Waals surface area contributed by atoms with Gasteiger partial charge in [-0.1, -0.05) is 20.4 Å². The minimum atomic E-state index is -3.22. The van der Waals surface area contributed by atoms with E-state index in [0.717, 1.165) is 24.4 Å². The third-order valence-electron chi connectivity index (χ3n) is 3.48. The van der Waals surface area contributed by atoms with E-state index < -0.39 is 10.0 Å². The molecule has 21 heavy (non-hydrogen) atoms. The number of amides is 1. The van der Waals surface area contributed by atoms with Crippen LogP contribution < -0.4 is 4.72 Å². The Morgan fingerprint density at radius 3 is 2.67 bits per heavy atom. The van der Waals surface area contributed by atoms with Gasteiger partial charge in [-0.15, -0.1) is 5.10 Å². The number of nitrogens with one attached hydrogen (secondary N) is 1. The van der Waals surface area contributed by atoms with Crippen molar-refractivity contribution in [3.8, 4) is 0 Å². The smallest absolute Gasteiger partial charge is 0.267 e. The first kappa shape index (κ1) is 16.8. The summed E-state index contributed by atoms with van der Waals surface area (Å²) in [7, 11) is -3.22. The first-order valence-corrected chi connectivity index (χ1v) is 10.1. The van der Waals surface area contributed by atoms with Gasteiger partial charge in [0.15, 0.2) is 0 Å². The average molecular weight is 397 g/mol. The molecule has 1 aliphatic rings. The molecule has 1 aromatic rings. The molecule has 0 aliphatic carbocycles. The predicted molar refractivity (Wildman–Crippen MR) is 84.0 cm³/mol. The van der Waals surface area contributed by atoms with Crippen LogP contribution in [0.1, 0.15) is 28.2 Å². The van der Waals surface area contributed by atoms with E-state index in [-0.39, 0.29) is 16.5 Å². The zero-order valence-electron chi connectivity index (χ0n) is 11.6. The van der Waals surface area contributed by atoms with Crippen LogP contribution in [0.4, 0.5) is 0 Å². The van der Waals surface area contributed by atoms with Gasteiger partial charge in [-0.3, -0.25) is 4.79 Å². The summed E-state index contributed by atoms with van der Waals surface area (Å²) in [5.74, 6) is 0.241. The Balaban J connectivity index is 1.84. The van der Waals surface area contributed by atoms with Gasteiger partial charge in [0, 0.05) is 19.6 Å². The van der Waals surface area contributed by atoms with Gasteiger partial charge in [0.2, 0.25) is 10.0 Å². The lowest BCUT2D eigenvalue weighted by atomic mass is 9.97. The number of hydrogen-bond donors (Lipinski definition) is 1. The lowest BCUT2D eigenvalue weighted by Crippen LogP contribution is -2.41. The van der Waals surface area contributed by atoms with Gasteiger partial charge in [0.1, 0.15) is 9.54 Å². The molecule has 0 spiro atoms. The average Bonchev–Trinajstić information content (AvgIpc) is 2.91. The van der Waals surface area contributed by atoms with E-state index in [9.17, 15) is 13.2 Å². The topological polar surface area (TPSA) is 92.3 Å². The summed E-state index contributed by atoms with van der Waals surface area (Å²) >= 11 is 4.06. The molecule has 1 N–H and O–H groups in total. The molecule has 2 rings (SSSR count). The Bertz CT molecular complexity index is 596. The summed E-state index contributed by atoms with van der Waals surface area (Å²) < 4.78 is 29.0. The maximum Gasteiger partial charge on any atom is 0.267 e. The normalized spacial score (nSPS) is 17.1. The molecule has 1 aliphatic heterocycles. The monoisotopic (exact) mass is 396 g/mol. The van der Waals surface area contributed by atoms with Gasteiger partial charge in [-0.2, -0.15) is 0 Å². The summed E-state index contributed by atoms with van der Waals surface area (Å²) in [6.07, 6.45) is 1.59. The molecule has 2 heterocycles. The number of likely N-dealkylation sites (tertiary alicyclic amines) is 1. The second-order valence-electron chi connectivity index (χ2n) is 5.00. The quantitative estimate of drug-likeness (QED) is 0.748. The second-order valence-corrected chi connectivity index (χ2v) is 8.86. The number of hydrogen-bond acceptors (Lipinski definition) is 6. The maximum absolute atomic E-state index is 12.3. The Morgan fingerprint density at radius 2 is 2.14 bits per heavy atom. The number of nitrogens with zero attached hydrogens (tertiary/aromatic N) is 3. The van der Waals surface area contributed by atoms with Gasteiger partial charge in [0.25, 0.3) is 5.91 Å². The van der Waals surface area contributed by atoms with E-state index in [0.29, 0.717) is 30.2 Å². The van der Waals surface area contributed by atoms with Crippen molar-refractivity contribution in [2.45, 2.75) is 19.8 Å². The molecule has 10 heteroatoms. The summed E-state index contributed by atoms with van der Waals surface area (Å²) in [6.45, 7) is 3.48. The van der Waals surface area contributed by atoms with Gasteiger partial charge in [-0.05, 0) is 37.2 Å². The first-order valence-electron chi connectivity index (χ1n) is 6.54. The fraction of sp³-hybridized carbons (Fsp3) is 0.727. The molecule has 0 bridgehead atoms. The van der Waals surface area contributed by atoms with Crippen molar-refractivity contribution < 1.29 is 13.2 Å². The van der Waals surface area contributed by atoms with Gasteiger partial charge >= 0.3 is 0 Å². The van der Waals surface area contributed by atoms with E-state index in [2.05, 4.69) is 30.2 Å². The van der Waals surface area contributed by atoms with Gasteiger partial charge in [0.05, 0.1) is 5.69 Å². The Kier molecular flexibility index (Phi) is 5.69.